The number of carbonyl (C=O) groups is 6. The molecule has 18 heteroatoms. The van der Waals surface area contributed by atoms with E-state index in [1.807, 2.05) is 83.1 Å². The molecule has 324 valence electrons. The monoisotopic (exact) mass is 787 g/mol. The highest BCUT2D eigenvalue weighted by Gasteiger charge is 2.20. The van der Waals surface area contributed by atoms with Gasteiger partial charge in [0.25, 0.3) is 0 Å². The van der Waals surface area contributed by atoms with E-state index in [0.29, 0.717) is 0 Å². The molecule has 0 amide bonds. The molecule has 0 saturated heterocycles. The van der Waals surface area contributed by atoms with Crippen molar-refractivity contribution < 1.29 is 59.4 Å². The number of nitrogens with two attached hydrogens (primary N) is 6. The van der Waals surface area contributed by atoms with Crippen molar-refractivity contribution in [3.63, 3.8) is 0 Å². The topological polar surface area (TPSA) is 380 Å². The smallest absolute Gasteiger partial charge is 0.320 e. The van der Waals surface area contributed by atoms with Crippen LogP contribution in [-0.4, -0.2) is 103 Å². The normalized spacial score (nSPS) is 16.8. The van der Waals surface area contributed by atoms with E-state index >= 15 is 0 Å². The number of carboxylic acid groups (broad SMARTS) is 6. The first-order valence-corrected chi connectivity index (χ1v) is 18.5. The van der Waals surface area contributed by atoms with Crippen LogP contribution >= 0.6 is 0 Å². The first-order chi connectivity index (χ1) is 24.5. The molecule has 0 unspecified atom stereocenters. The van der Waals surface area contributed by atoms with Crippen molar-refractivity contribution in [2.24, 2.45) is 69.9 Å². The molecule has 0 aliphatic rings. The molecule has 18 nitrogen and oxygen atoms in total. The molecule has 0 aromatic rings. The first-order valence-electron chi connectivity index (χ1n) is 18.5. The van der Waals surface area contributed by atoms with E-state index in [0.717, 1.165) is 38.5 Å². The Morgan fingerprint density at radius 2 is 0.370 bits per heavy atom. The number of hydrogen-bond donors (Lipinski definition) is 12. The summed E-state index contributed by atoms with van der Waals surface area (Å²) in [5.74, 6) is -5.05. The van der Waals surface area contributed by atoms with Crippen molar-refractivity contribution in [3.05, 3.63) is 0 Å². The second-order valence-corrected chi connectivity index (χ2v) is 13.5. The van der Waals surface area contributed by atoms with Crippen molar-refractivity contribution >= 4 is 35.8 Å². The maximum Gasteiger partial charge on any atom is 0.320 e. The standard InChI is InChI=1S/6C6H13NO2/c6*1-3-4(2)5(7)6(8)9/h6*4-5H,3,7H2,1-2H3,(H,8,9)/t6*4-,5-/m000000/s1. The average Bonchev–Trinajstić information content (AvgIpc) is 3.14. The van der Waals surface area contributed by atoms with E-state index in [1.165, 1.54) is 0 Å². The van der Waals surface area contributed by atoms with Gasteiger partial charge in [0, 0.05) is 0 Å². The Kier molecular flexibility index (Phi) is 42.3. The highest BCUT2D eigenvalue weighted by molar-refractivity contribution is 5.75. The van der Waals surface area contributed by atoms with Crippen LogP contribution in [0.15, 0.2) is 0 Å². The van der Waals surface area contributed by atoms with E-state index in [9.17, 15) is 28.8 Å². The van der Waals surface area contributed by atoms with Gasteiger partial charge in [0.05, 0.1) is 0 Å². The Labute approximate surface area is 322 Å². The first kappa shape index (κ1) is 62.6. The lowest BCUT2D eigenvalue weighted by Gasteiger charge is -2.11. The molecular weight excluding hydrogens is 708 g/mol. The molecule has 0 radical (unpaired) electrons. The Hall–Kier alpha value is -3.42. The molecule has 54 heavy (non-hydrogen) atoms. The third-order valence-corrected chi connectivity index (χ3v) is 9.25. The van der Waals surface area contributed by atoms with Gasteiger partial charge >= 0.3 is 35.8 Å². The molecule has 0 heterocycles. The molecule has 0 spiro atoms. The Morgan fingerprint density at radius 1 is 0.296 bits per heavy atom. The van der Waals surface area contributed by atoms with E-state index in [-0.39, 0.29) is 35.5 Å². The van der Waals surface area contributed by atoms with Crippen LogP contribution in [-0.2, 0) is 28.8 Å². The second kappa shape index (κ2) is 36.6. The SMILES string of the molecule is CC[C@H](C)[C@H](N)C(=O)O.CC[C@H](C)[C@H](N)C(=O)O.CC[C@H](C)[C@H](N)C(=O)O.CC[C@H](C)[C@H](N)C(=O)O.CC[C@H](C)[C@H](N)C(=O)O.CC[C@H](C)[C@H](N)C(=O)O. The van der Waals surface area contributed by atoms with E-state index < -0.39 is 72.1 Å². The predicted molar refractivity (Wildman–Crippen MR) is 210 cm³/mol. The van der Waals surface area contributed by atoms with Crippen molar-refractivity contribution in [1.29, 1.82) is 0 Å². The third kappa shape index (κ3) is 34.4. The summed E-state index contributed by atoms with van der Waals surface area (Å²) < 4.78 is 0. The molecule has 0 rings (SSSR count). The van der Waals surface area contributed by atoms with Gasteiger partial charge < -0.3 is 65.0 Å². The quantitative estimate of drug-likeness (QED) is 0.0949. The van der Waals surface area contributed by atoms with Crippen molar-refractivity contribution in [2.75, 3.05) is 0 Å². The van der Waals surface area contributed by atoms with Crippen molar-refractivity contribution in [3.8, 4) is 0 Å². The number of rotatable bonds is 18. The molecule has 12 atom stereocenters. The second-order valence-electron chi connectivity index (χ2n) is 13.5. The Balaban J connectivity index is -0.000000128. The van der Waals surface area contributed by atoms with Crippen molar-refractivity contribution in [1.82, 2.24) is 0 Å². The summed E-state index contributed by atoms with van der Waals surface area (Å²) in [6.45, 7) is 22.5. The van der Waals surface area contributed by atoms with Gasteiger partial charge in [-0.15, -0.1) is 0 Å². The summed E-state index contributed by atoms with van der Waals surface area (Å²) >= 11 is 0. The highest BCUT2D eigenvalue weighted by atomic mass is 16.4. The van der Waals surface area contributed by atoms with E-state index in [4.69, 9.17) is 65.0 Å². The summed E-state index contributed by atoms with van der Waals surface area (Å²) in [5.41, 5.74) is 31.6. The van der Waals surface area contributed by atoms with Crippen LogP contribution in [0.5, 0.6) is 0 Å². The lowest BCUT2D eigenvalue weighted by molar-refractivity contribution is -0.140. The van der Waals surface area contributed by atoms with Crippen LogP contribution in [0.3, 0.4) is 0 Å². The minimum Gasteiger partial charge on any atom is -0.480 e. The molecule has 0 aliphatic heterocycles. The Bertz CT molecular complexity index is 821. The zero-order valence-corrected chi connectivity index (χ0v) is 34.8. The van der Waals surface area contributed by atoms with Gasteiger partial charge in [-0.25, -0.2) is 0 Å². The maximum absolute atomic E-state index is 10.2. The van der Waals surface area contributed by atoms with E-state index in [1.54, 1.807) is 0 Å². The summed E-state index contributed by atoms with van der Waals surface area (Å²) in [5, 5.41) is 50.2. The third-order valence-electron chi connectivity index (χ3n) is 9.25. The molecule has 0 saturated carbocycles. The van der Waals surface area contributed by atoms with E-state index in [2.05, 4.69) is 0 Å². The number of aliphatic carboxylic acids is 6. The van der Waals surface area contributed by atoms with Crippen LogP contribution < -0.4 is 34.4 Å². The fourth-order valence-corrected chi connectivity index (χ4v) is 2.98. The average molecular weight is 787 g/mol. The maximum atomic E-state index is 10.2. The summed E-state index contributed by atoms with van der Waals surface area (Å²) in [6.07, 6.45) is 4.88. The zero-order chi connectivity index (χ0) is 44.6. The van der Waals surface area contributed by atoms with Crippen molar-refractivity contribution in [2.45, 2.75) is 158 Å². The van der Waals surface area contributed by atoms with Gasteiger partial charge in [-0.1, -0.05) is 122 Å². The number of carboxylic acids is 6. The molecule has 0 bridgehead atoms. The minimum absolute atomic E-state index is 0.0718. The summed E-state index contributed by atoms with van der Waals surface area (Å²) in [7, 11) is 0. The van der Waals surface area contributed by atoms with Gasteiger partial charge in [0.1, 0.15) is 36.3 Å². The van der Waals surface area contributed by atoms with Crippen LogP contribution in [0, 0.1) is 35.5 Å². The minimum atomic E-state index is -0.913. The van der Waals surface area contributed by atoms with Crippen LogP contribution in [0.1, 0.15) is 122 Å². The molecular formula is C36H78N6O12. The molecule has 0 aliphatic carbocycles. The summed E-state index contributed by atoms with van der Waals surface area (Å²) in [6, 6.07) is -4.19. The van der Waals surface area contributed by atoms with Gasteiger partial charge in [-0.3, -0.25) is 28.8 Å². The lowest BCUT2D eigenvalue weighted by atomic mass is 10.0. The molecule has 0 fully saturated rings. The largest absolute Gasteiger partial charge is 0.480 e. The predicted octanol–water partition coefficient (Wildman–Crippen LogP) is 2.67. The van der Waals surface area contributed by atoms with Gasteiger partial charge in [-0.05, 0) is 35.5 Å². The highest BCUT2D eigenvalue weighted by Crippen LogP contribution is 2.07. The van der Waals surface area contributed by atoms with Crippen LogP contribution in [0.2, 0.25) is 0 Å². The zero-order valence-electron chi connectivity index (χ0n) is 34.8. The van der Waals surface area contributed by atoms with Crippen LogP contribution in [0.4, 0.5) is 0 Å². The van der Waals surface area contributed by atoms with Crippen LogP contribution in [0.25, 0.3) is 0 Å². The lowest BCUT2D eigenvalue weighted by Crippen LogP contribution is -2.36. The van der Waals surface area contributed by atoms with Gasteiger partial charge in [-0.2, -0.15) is 0 Å². The molecule has 0 aromatic carbocycles. The number of hydrogen-bond acceptors (Lipinski definition) is 12. The summed E-state index contributed by atoms with van der Waals surface area (Å²) in [4.78, 5) is 61.0. The molecule has 0 aromatic heterocycles. The van der Waals surface area contributed by atoms with Gasteiger partial charge in [0.15, 0.2) is 0 Å². The van der Waals surface area contributed by atoms with Gasteiger partial charge in [0.2, 0.25) is 0 Å². The fourth-order valence-electron chi connectivity index (χ4n) is 2.98. The Morgan fingerprint density at radius 3 is 0.389 bits per heavy atom. The molecule has 18 N–H and O–H groups in total. The fraction of sp³-hybridized carbons (Fsp3) is 0.833.